The number of aliphatic hydroxyl groups is 1. The van der Waals surface area contributed by atoms with Gasteiger partial charge < -0.3 is 10.0 Å². The predicted molar refractivity (Wildman–Crippen MR) is 85.3 cm³/mol. The van der Waals surface area contributed by atoms with Gasteiger partial charge in [-0.05, 0) is 6.42 Å². The van der Waals surface area contributed by atoms with E-state index in [0.717, 1.165) is 34.3 Å². The summed E-state index contributed by atoms with van der Waals surface area (Å²) in [6, 6.07) is 0. The van der Waals surface area contributed by atoms with Gasteiger partial charge in [0.05, 0.1) is 17.2 Å². The van der Waals surface area contributed by atoms with Crippen molar-refractivity contribution in [2.75, 3.05) is 29.2 Å². The Morgan fingerprint density at radius 2 is 2.25 bits per heavy atom. The van der Waals surface area contributed by atoms with Gasteiger partial charge in [-0.3, -0.25) is 0 Å². The summed E-state index contributed by atoms with van der Waals surface area (Å²) in [6.07, 6.45) is 3.06. The third-order valence-corrected chi connectivity index (χ3v) is 6.98. The maximum Gasteiger partial charge on any atom is 0.186 e. The zero-order valence-corrected chi connectivity index (χ0v) is 14.2. The van der Waals surface area contributed by atoms with E-state index in [-0.39, 0.29) is 6.61 Å². The van der Waals surface area contributed by atoms with Crippen molar-refractivity contribution in [1.29, 1.82) is 0 Å². The van der Waals surface area contributed by atoms with Crippen LogP contribution in [0.25, 0.3) is 0 Å². The zero-order chi connectivity index (χ0) is 14.8. The van der Waals surface area contributed by atoms with E-state index < -0.39 is 15.2 Å². The van der Waals surface area contributed by atoms with Crippen LogP contribution in [0, 0.1) is 0 Å². The molecule has 5 nitrogen and oxygen atoms in total. The minimum Gasteiger partial charge on any atom is -0.391 e. The first-order valence-corrected chi connectivity index (χ1v) is 10.5. The van der Waals surface area contributed by atoms with Crippen LogP contribution in [0.15, 0.2) is 0 Å². The maximum atomic E-state index is 11.9. The minimum atomic E-state index is -3.14. The van der Waals surface area contributed by atoms with E-state index in [4.69, 9.17) is 0 Å². The van der Waals surface area contributed by atoms with Crippen LogP contribution in [0.3, 0.4) is 0 Å². The summed E-state index contributed by atoms with van der Waals surface area (Å²) in [5.74, 6) is 1.49. The summed E-state index contributed by atoms with van der Waals surface area (Å²) in [4.78, 5) is 7.31. The van der Waals surface area contributed by atoms with E-state index in [9.17, 15) is 13.5 Å². The number of aliphatic hydroxyl groups excluding tert-OH is 1. The number of aromatic nitrogens is 1. The molecule has 1 unspecified atom stereocenters. The number of hydrogen-bond donors (Lipinski definition) is 1. The van der Waals surface area contributed by atoms with Crippen LogP contribution in [0.1, 0.15) is 23.9 Å². The Morgan fingerprint density at radius 1 is 1.50 bits per heavy atom. The van der Waals surface area contributed by atoms with Crippen molar-refractivity contribution in [2.45, 2.75) is 31.7 Å². The number of rotatable bonds is 5. The lowest BCUT2D eigenvalue weighted by atomic mass is 10.2. The molecule has 0 aromatic carbocycles. The van der Waals surface area contributed by atoms with Crippen molar-refractivity contribution in [3.8, 4) is 0 Å². The summed E-state index contributed by atoms with van der Waals surface area (Å²) in [5, 5.41) is 9.64. The molecule has 1 fully saturated rings. The molecular formula is C12H20N2O3S3. The van der Waals surface area contributed by atoms with Gasteiger partial charge in [-0.25, -0.2) is 13.4 Å². The van der Waals surface area contributed by atoms with E-state index in [1.807, 2.05) is 4.90 Å². The van der Waals surface area contributed by atoms with Crippen molar-refractivity contribution in [1.82, 2.24) is 4.98 Å². The standard InChI is InChI=1S/C12H20N2O3S3/c1-3-4-9-10(7-15)19-12(13-9)14-5-6-18-8-11(14)20(2,16)17/h11,15H,3-8H2,1-2H3. The molecule has 0 radical (unpaired) electrons. The largest absolute Gasteiger partial charge is 0.391 e. The van der Waals surface area contributed by atoms with Gasteiger partial charge in [0.2, 0.25) is 0 Å². The highest BCUT2D eigenvalue weighted by atomic mass is 32.2. The van der Waals surface area contributed by atoms with Gasteiger partial charge in [0.15, 0.2) is 15.0 Å². The molecule has 2 rings (SSSR count). The van der Waals surface area contributed by atoms with Crippen LogP contribution in [-0.4, -0.2) is 48.2 Å². The Kier molecular flexibility index (Phi) is 5.33. The Bertz CT molecular complexity index is 556. The molecular weight excluding hydrogens is 316 g/mol. The van der Waals surface area contributed by atoms with Crippen molar-refractivity contribution in [3.63, 3.8) is 0 Å². The summed E-state index contributed by atoms with van der Waals surface area (Å²) in [5.41, 5.74) is 0.903. The fourth-order valence-corrected chi connectivity index (χ4v) is 6.13. The van der Waals surface area contributed by atoms with E-state index in [1.54, 1.807) is 11.8 Å². The second kappa shape index (κ2) is 6.64. The van der Waals surface area contributed by atoms with Crippen LogP contribution < -0.4 is 4.90 Å². The molecule has 20 heavy (non-hydrogen) atoms. The molecule has 1 aliphatic heterocycles. The third kappa shape index (κ3) is 3.47. The number of thiazole rings is 1. The lowest BCUT2D eigenvalue weighted by Crippen LogP contribution is -2.47. The summed E-state index contributed by atoms with van der Waals surface area (Å²) >= 11 is 3.08. The van der Waals surface area contributed by atoms with Gasteiger partial charge >= 0.3 is 0 Å². The monoisotopic (exact) mass is 336 g/mol. The minimum absolute atomic E-state index is 0.0286. The van der Waals surface area contributed by atoms with Crippen LogP contribution in [0.4, 0.5) is 5.13 Å². The van der Waals surface area contributed by atoms with Crippen molar-refractivity contribution in [3.05, 3.63) is 10.6 Å². The van der Waals surface area contributed by atoms with Gasteiger partial charge in [-0.2, -0.15) is 11.8 Å². The van der Waals surface area contributed by atoms with Gasteiger partial charge in [-0.1, -0.05) is 24.7 Å². The Balaban J connectivity index is 2.33. The lowest BCUT2D eigenvalue weighted by molar-refractivity contribution is 0.284. The first kappa shape index (κ1) is 16.1. The van der Waals surface area contributed by atoms with E-state index in [0.29, 0.717) is 12.3 Å². The van der Waals surface area contributed by atoms with Crippen molar-refractivity contribution >= 4 is 38.1 Å². The summed E-state index contributed by atoms with van der Waals surface area (Å²) in [7, 11) is -3.14. The Hall–Kier alpha value is -0.310. The Labute approximate surface area is 128 Å². The quantitative estimate of drug-likeness (QED) is 0.879. The van der Waals surface area contributed by atoms with Crippen molar-refractivity contribution < 1.29 is 13.5 Å². The summed E-state index contributed by atoms with van der Waals surface area (Å²) in [6.45, 7) is 2.72. The van der Waals surface area contributed by atoms with Gasteiger partial charge in [-0.15, -0.1) is 0 Å². The fourth-order valence-electron chi connectivity index (χ4n) is 2.20. The number of nitrogens with zero attached hydrogens (tertiary/aromatic N) is 2. The number of sulfone groups is 1. The SMILES string of the molecule is CCCc1nc(N2CCSCC2S(C)(=O)=O)sc1CO. The van der Waals surface area contributed by atoms with Crippen LogP contribution in [-0.2, 0) is 22.9 Å². The lowest BCUT2D eigenvalue weighted by Gasteiger charge is -2.33. The highest BCUT2D eigenvalue weighted by Gasteiger charge is 2.33. The molecule has 0 bridgehead atoms. The second-order valence-corrected chi connectivity index (χ2v) is 9.24. The number of anilines is 1. The van der Waals surface area contributed by atoms with Gasteiger partial charge in [0.1, 0.15) is 5.37 Å². The molecule has 1 aliphatic rings. The molecule has 0 saturated carbocycles. The third-order valence-electron chi connectivity index (χ3n) is 3.22. The predicted octanol–water partition coefficient (Wildman–Crippen LogP) is 1.51. The second-order valence-electron chi connectivity index (χ2n) is 4.83. The average Bonchev–Trinajstić information content (AvgIpc) is 2.81. The molecule has 0 aliphatic carbocycles. The first-order valence-electron chi connectivity index (χ1n) is 6.60. The van der Waals surface area contributed by atoms with Gasteiger partial charge in [0.25, 0.3) is 0 Å². The number of aryl methyl sites for hydroxylation is 1. The molecule has 0 spiro atoms. The highest BCUT2D eigenvalue weighted by Crippen LogP contribution is 2.32. The highest BCUT2D eigenvalue weighted by molar-refractivity contribution is 8.01. The fraction of sp³-hybridized carbons (Fsp3) is 0.750. The molecule has 1 atom stereocenters. The number of hydrogen-bond acceptors (Lipinski definition) is 7. The molecule has 0 amide bonds. The summed E-state index contributed by atoms with van der Waals surface area (Å²) < 4.78 is 23.9. The molecule has 1 saturated heterocycles. The van der Waals surface area contributed by atoms with E-state index in [2.05, 4.69) is 11.9 Å². The smallest absolute Gasteiger partial charge is 0.186 e. The molecule has 1 N–H and O–H groups in total. The molecule has 2 heterocycles. The Morgan fingerprint density at radius 3 is 2.85 bits per heavy atom. The zero-order valence-electron chi connectivity index (χ0n) is 11.7. The van der Waals surface area contributed by atoms with E-state index >= 15 is 0 Å². The maximum absolute atomic E-state index is 11.9. The molecule has 8 heteroatoms. The molecule has 1 aromatic heterocycles. The number of thioether (sulfide) groups is 1. The normalized spacial score (nSPS) is 20.4. The van der Waals surface area contributed by atoms with Crippen LogP contribution in [0.5, 0.6) is 0 Å². The first-order chi connectivity index (χ1) is 9.47. The average molecular weight is 337 g/mol. The molecule has 114 valence electrons. The van der Waals surface area contributed by atoms with Crippen LogP contribution in [0.2, 0.25) is 0 Å². The molecule has 1 aromatic rings. The van der Waals surface area contributed by atoms with Crippen molar-refractivity contribution in [2.24, 2.45) is 0 Å². The van der Waals surface area contributed by atoms with Gasteiger partial charge in [0, 0.05) is 24.3 Å². The van der Waals surface area contributed by atoms with E-state index in [1.165, 1.54) is 17.6 Å². The van der Waals surface area contributed by atoms with Crippen LogP contribution >= 0.6 is 23.1 Å². The topological polar surface area (TPSA) is 70.5 Å².